The Hall–Kier alpha value is -4.15. The van der Waals surface area contributed by atoms with E-state index in [1.54, 1.807) is 12.1 Å². The summed E-state index contributed by atoms with van der Waals surface area (Å²) in [7, 11) is 0. The molecule has 2 aromatic carbocycles. The molecule has 3 aromatic rings. The Balaban J connectivity index is 1.10. The fraction of sp³-hybridized carbons (Fsp3) is 0.394. The second-order valence-corrected chi connectivity index (χ2v) is 12.0. The van der Waals surface area contributed by atoms with Gasteiger partial charge in [0.25, 0.3) is 0 Å². The molecule has 6 rings (SSSR count). The molecule has 11 heteroatoms. The topological polar surface area (TPSA) is 134 Å². The van der Waals surface area contributed by atoms with Crippen LogP contribution in [0.15, 0.2) is 60.4 Å². The zero-order valence-corrected chi connectivity index (χ0v) is 25.4. The van der Waals surface area contributed by atoms with Gasteiger partial charge in [-0.25, -0.2) is 9.97 Å². The number of likely N-dealkylation sites (tertiary alicyclic amines) is 1. The summed E-state index contributed by atoms with van der Waals surface area (Å²) in [6.45, 7) is 1.97. The molecule has 2 aliphatic heterocycles. The summed E-state index contributed by atoms with van der Waals surface area (Å²) in [4.78, 5) is 36.8. The lowest BCUT2D eigenvalue weighted by Gasteiger charge is -2.33. The maximum atomic E-state index is 13.2. The van der Waals surface area contributed by atoms with Crippen LogP contribution in [0.2, 0.25) is 5.02 Å². The van der Waals surface area contributed by atoms with Crippen molar-refractivity contribution in [1.82, 2.24) is 20.2 Å². The van der Waals surface area contributed by atoms with E-state index in [1.807, 2.05) is 47.4 Å². The van der Waals surface area contributed by atoms with E-state index in [0.717, 1.165) is 62.9 Å². The van der Waals surface area contributed by atoms with E-state index in [1.165, 1.54) is 6.33 Å². The number of nitrogens with zero attached hydrogens (tertiary/aromatic N) is 3. The lowest BCUT2D eigenvalue weighted by atomic mass is 10.0. The van der Waals surface area contributed by atoms with Crippen molar-refractivity contribution in [3.05, 3.63) is 76.6 Å². The maximum absolute atomic E-state index is 13.2. The van der Waals surface area contributed by atoms with Gasteiger partial charge in [-0.1, -0.05) is 54.8 Å². The molecule has 1 unspecified atom stereocenters. The van der Waals surface area contributed by atoms with Crippen LogP contribution in [0.3, 0.4) is 0 Å². The molecule has 10 nitrogen and oxygen atoms in total. The van der Waals surface area contributed by atoms with E-state index < -0.39 is 6.17 Å². The molecule has 1 atom stereocenters. The van der Waals surface area contributed by atoms with Crippen molar-refractivity contribution >= 4 is 46.8 Å². The van der Waals surface area contributed by atoms with Crippen LogP contribution >= 0.6 is 11.6 Å². The van der Waals surface area contributed by atoms with Crippen LogP contribution in [0.4, 0.5) is 17.3 Å². The van der Waals surface area contributed by atoms with Gasteiger partial charge in [-0.2, -0.15) is 0 Å². The van der Waals surface area contributed by atoms with Crippen LogP contribution in [-0.4, -0.2) is 52.4 Å². The molecular formula is C33H38ClN7O3. The second-order valence-electron chi connectivity index (χ2n) is 11.6. The summed E-state index contributed by atoms with van der Waals surface area (Å²) in [6, 6.07) is 15.0. The Morgan fingerprint density at radius 3 is 2.57 bits per heavy atom. The molecule has 5 N–H and O–H groups in total. The predicted molar refractivity (Wildman–Crippen MR) is 172 cm³/mol. The molecule has 2 amide bonds. The molecule has 1 aromatic heterocycles. The number of nitrogens with one attached hydrogen (secondary N) is 3. The zero-order valence-electron chi connectivity index (χ0n) is 24.6. The van der Waals surface area contributed by atoms with Gasteiger partial charge in [-0.05, 0) is 49.1 Å². The highest BCUT2D eigenvalue weighted by Gasteiger charge is 2.30. The normalized spacial score (nSPS) is 18.0. The first-order valence-corrected chi connectivity index (χ1v) is 15.8. The summed E-state index contributed by atoms with van der Waals surface area (Å²) >= 11 is 6.66. The van der Waals surface area contributed by atoms with Crippen LogP contribution in [0.1, 0.15) is 62.2 Å². The van der Waals surface area contributed by atoms with Crippen molar-refractivity contribution in [3.8, 4) is 5.75 Å². The van der Waals surface area contributed by atoms with Crippen LogP contribution in [0, 0.1) is 5.92 Å². The highest BCUT2D eigenvalue weighted by Crippen LogP contribution is 2.34. The molecule has 44 heavy (non-hydrogen) atoms. The first-order valence-electron chi connectivity index (χ1n) is 15.4. The molecule has 1 saturated carbocycles. The van der Waals surface area contributed by atoms with E-state index >= 15 is 0 Å². The Morgan fingerprint density at radius 1 is 1.05 bits per heavy atom. The Labute approximate surface area is 262 Å². The summed E-state index contributed by atoms with van der Waals surface area (Å²) in [5.74, 6) is 2.04. The number of hydrogen-bond acceptors (Lipinski definition) is 8. The number of halogens is 1. The highest BCUT2D eigenvalue weighted by atomic mass is 35.5. The number of anilines is 3. The van der Waals surface area contributed by atoms with Gasteiger partial charge in [0.15, 0.2) is 0 Å². The number of rotatable bonds is 8. The fourth-order valence-electron chi connectivity index (χ4n) is 6.11. The zero-order chi connectivity index (χ0) is 30.5. The number of amides is 2. The van der Waals surface area contributed by atoms with E-state index in [4.69, 9.17) is 22.1 Å². The molecule has 230 valence electrons. The third kappa shape index (κ3) is 6.97. The minimum atomic E-state index is -0.625. The smallest absolute Gasteiger partial charge is 0.248 e. The fourth-order valence-corrected chi connectivity index (χ4v) is 6.33. The molecule has 3 aliphatic rings. The minimum absolute atomic E-state index is 0.00681. The van der Waals surface area contributed by atoms with Gasteiger partial charge in [0.1, 0.15) is 36.0 Å². The first-order chi connectivity index (χ1) is 21.4. The number of aromatic nitrogens is 2. The largest absolute Gasteiger partial charge is 0.489 e. The number of carbonyl (C=O) groups is 2. The van der Waals surface area contributed by atoms with Crippen molar-refractivity contribution in [2.75, 3.05) is 30.3 Å². The van der Waals surface area contributed by atoms with Crippen molar-refractivity contribution in [1.29, 1.82) is 0 Å². The van der Waals surface area contributed by atoms with Gasteiger partial charge < -0.3 is 31.3 Å². The monoisotopic (exact) mass is 615 g/mol. The number of fused-ring (bicyclic) bond motifs is 1. The Bertz CT molecular complexity index is 1520. The van der Waals surface area contributed by atoms with Crippen LogP contribution < -0.4 is 26.4 Å². The average molecular weight is 616 g/mol. The summed E-state index contributed by atoms with van der Waals surface area (Å²) in [5.41, 5.74) is 9.02. The van der Waals surface area contributed by atoms with Gasteiger partial charge in [-0.3, -0.25) is 9.59 Å². The number of hydrogen-bond donors (Lipinski definition) is 4. The number of ether oxygens (including phenoxy) is 1. The molecular weight excluding hydrogens is 578 g/mol. The van der Waals surface area contributed by atoms with Crippen LogP contribution in [-0.2, 0) is 9.59 Å². The standard InChI is InChI=1S/C33H38ClN7O3/c34-27-19-24(10-11-28(27)44-25-13-16-41(17-14-25)33(43)22-8-4-5-9-22)39-31-26-18-23(12-15-36-30(26)37-20-38-31)32(42)40-29(35)21-6-2-1-3-7-21/h1-3,6-7,10-11,18-20,22,25,29H,4-5,8-9,12-17,35H2,(H,40,42)(H2,36,37,38,39). The first kappa shape index (κ1) is 29.9. The molecule has 0 radical (unpaired) electrons. The molecule has 1 aliphatic carbocycles. The second kappa shape index (κ2) is 13.7. The quantitative estimate of drug-likeness (QED) is 0.247. The van der Waals surface area contributed by atoms with Gasteiger partial charge in [0.05, 0.1) is 10.6 Å². The molecule has 3 heterocycles. The van der Waals surface area contributed by atoms with E-state index in [0.29, 0.717) is 52.4 Å². The molecule has 1 saturated heterocycles. The number of benzene rings is 2. The number of carbonyl (C=O) groups excluding carboxylic acids is 2. The van der Waals surface area contributed by atoms with Gasteiger partial charge in [0, 0.05) is 49.7 Å². The highest BCUT2D eigenvalue weighted by molar-refractivity contribution is 6.32. The van der Waals surface area contributed by atoms with Crippen LogP contribution in [0.25, 0.3) is 6.08 Å². The number of nitrogens with two attached hydrogens (primary N) is 1. The van der Waals surface area contributed by atoms with Crippen molar-refractivity contribution in [2.24, 2.45) is 11.7 Å². The van der Waals surface area contributed by atoms with Crippen molar-refractivity contribution in [3.63, 3.8) is 0 Å². The number of piperidine rings is 1. The maximum Gasteiger partial charge on any atom is 0.248 e. The van der Waals surface area contributed by atoms with Crippen LogP contribution in [0.5, 0.6) is 5.75 Å². The van der Waals surface area contributed by atoms with E-state index in [9.17, 15) is 9.59 Å². The molecule has 0 spiro atoms. The van der Waals surface area contributed by atoms with Gasteiger partial charge >= 0.3 is 0 Å². The minimum Gasteiger partial charge on any atom is -0.489 e. The SMILES string of the molecule is NC(NC(=O)C1=Cc2c(ncnc2Nc2ccc(OC3CCN(C(=O)C4CCCC4)CC3)c(Cl)c2)NCC1)c1ccccc1. The third-order valence-corrected chi connectivity index (χ3v) is 8.87. The summed E-state index contributed by atoms with van der Waals surface area (Å²) in [5, 5.41) is 9.98. The van der Waals surface area contributed by atoms with Crippen molar-refractivity contribution in [2.45, 2.75) is 57.2 Å². The Kier molecular flexibility index (Phi) is 9.28. The molecule has 0 bridgehead atoms. The van der Waals surface area contributed by atoms with Gasteiger partial charge in [-0.15, -0.1) is 0 Å². The average Bonchev–Trinajstić information content (AvgIpc) is 3.49. The predicted octanol–water partition coefficient (Wildman–Crippen LogP) is 5.41. The lowest BCUT2D eigenvalue weighted by molar-refractivity contribution is -0.137. The van der Waals surface area contributed by atoms with E-state index in [2.05, 4.69) is 25.9 Å². The Morgan fingerprint density at radius 2 is 1.82 bits per heavy atom. The lowest BCUT2D eigenvalue weighted by Crippen LogP contribution is -2.44. The summed E-state index contributed by atoms with van der Waals surface area (Å²) < 4.78 is 6.26. The van der Waals surface area contributed by atoms with E-state index in [-0.39, 0.29) is 17.9 Å². The third-order valence-electron chi connectivity index (χ3n) is 8.57. The molecule has 2 fully saturated rings. The van der Waals surface area contributed by atoms with Gasteiger partial charge in [0.2, 0.25) is 11.8 Å². The summed E-state index contributed by atoms with van der Waals surface area (Å²) in [6.07, 6.45) is 9.09. The van der Waals surface area contributed by atoms with Crippen molar-refractivity contribution < 1.29 is 14.3 Å².